The van der Waals surface area contributed by atoms with Gasteiger partial charge in [0.2, 0.25) is 0 Å². The lowest BCUT2D eigenvalue weighted by atomic mass is 9.84. The third kappa shape index (κ3) is 3.80. The number of anilines is 3. The van der Waals surface area contributed by atoms with Crippen LogP contribution in [0.1, 0.15) is 11.1 Å². The molecule has 0 bridgehead atoms. The van der Waals surface area contributed by atoms with Crippen molar-refractivity contribution in [3.05, 3.63) is 120 Å². The summed E-state index contributed by atoms with van der Waals surface area (Å²) in [6.07, 6.45) is 0. The summed E-state index contributed by atoms with van der Waals surface area (Å²) in [5.74, 6) is 0. The van der Waals surface area contributed by atoms with Crippen molar-refractivity contribution in [2.24, 2.45) is 0 Å². The Balaban J connectivity index is 1.59. The molecule has 0 aliphatic rings. The van der Waals surface area contributed by atoms with E-state index in [1.807, 2.05) is 0 Å². The molecule has 0 spiro atoms. The van der Waals surface area contributed by atoms with Gasteiger partial charge in [-0.1, -0.05) is 89.4 Å². The topological polar surface area (TPSA) is 3.24 Å². The quantitative estimate of drug-likeness (QED) is 0.280. The fourth-order valence-electron chi connectivity index (χ4n) is 4.28. The van der Waals surface area contributed by atoms with Crippen molar-refractivity contribution in [2.75, 3.05) is 4.90 Å². The Kier molecular flexibility index (Phi) is 5.29. The van der Waals surface area contributed by atoms with E-state index in [4.69, 9.17) is 7.85 Å². The van der Waals surface area contributed by atoms with Crippen LogP contribution in [-0.4, -0.2) is 7.85 Å². The largest absolute Gasteiger partial charge is 0.310 e. The summed E-state index contributed by atoms with van der Waals surface area (Å²) in [5.41, 5.74) is 8.88. The van der Waals surface area contributed by atoms with E-state index in [1.165, 1.54) is 21.9 Å². The van der Waals surface area contributed by atoms with Gasteiger partial charge in [-0.05, 0) is 72.1 Å². The van der Waals surface area contributed by atoms with Gasteiger partial charge in [0, 0.05) is 17.1 Å². The van der Waals surface area contributed by atoms with Crippen LogP contribution in [0.3, 0.4) is 0 Å². The number of hydrogen-bond acceptors (Lipinski definition) is 1. The lowest BCUT2D eigenvalue weighted by Gasteiger charge is -2.26. The van der Waals surface area contributed by atoms with Crippen LogP contribution in [0.15, 0.2) is 109 Å². The molecule has 0 aliphatic carbocycles. The third-order valence-corrected chi connectivity index (χ3v) is 6.06. The molecule has 152 valence electrons. The van der Waals surface area contributed by atoms with Crippen LogP contribution < -0.4 is 10.4 Å². The smallest absolute Gasteiger partial charge is 0.114 e. The van der Waals surface area contributed by atoms with Gasteiger partial charge in [-0.3, -0.25) is 0 Å². The van der Waals surface area contributed by atoms with Crippen molar-refractivity contribution < 1.29 is 0 Å². The zero-order chi connectivity index (χ0) is 22.1. The van der Waals surface area contributed by atoms with E-state index in [0.29, 0.717) is 0 Å². The molecule has 0 fully saturated rings. The maximum atomic E-state index is 6.15. The molecule has 2 heteroatoms. The minimum Gasteiger partial charge on any atom is -0.310 e. The highest BCUT2D eigenvalue weighted by molar-refractivity contribution is 6.34. The second-order valence-corrected chi connectivity index (χ2v) is 8.27. The van der Waals surface area contributed by atoms with Gasteiger partial charge in [0.1, 0.15) is 7.85 Å². The second-order valence-electron chi connectivity index (χ2n) is 8.27. The van der Waals surface area contributed by atoms with Crippen LogP contribution in [0.4, 0.5) is 17.1 Å². The molecule has 32 heavy (non-hydrogen) atoms. The Morgan fingerprint density at radius 1 is 0.500 bits per heavy atom. The maximum absolute atomic E-state index is 6.15. The van der Waals surface area contributed by atoms with Crippen LogP contribution >= 0.6 is 0 Å². The summed E-state index contributed by atoms with van der Waals surface area (Å²) in [6.45, 7) is 4.13. The van der Waals surface area contributed by atoms with E-state index in [1.54, 1.807) is 0 Å². The lowest BCUT2D eigenvalue weighted by molar-refractivity contribution is 1.29. The first kappa shape index (κ1) is 20.1. The molecule has 5 aromatic rings. The molecule has 0 aromatic heterocycles. The minimum atomic E-state index is 0.872. The summed E-state index contributed by atoms with van der Waals surface area (Å²) < 4.78 is 0. The highest BCUT2D eigenvalue weighted by atomic mass is 15.1. The van der Waals surface area contributed by atoms with Crippen LogP contribution in [0, 0.1) is 13.8 Å². The highest BCUT2D eigenvalue weighted by Gasteiger charge is 2.13. The van der Waals surface area contributed by atoms with Crippen molar-refractivity contribution in [1.29, 1.82) is 0 Å². The number of rotatable bonds is 4. The van der Waals surface area contributed by atoms with Crippen LogP contribution in [-0.2, 0) is 0 Å². The first-order valence-electron chi connectivity index (χ1n) is 10.9. The van der Waals surface area contributed by atoms with Crippen molar-refractivity contribution >= 4 is 41.1 Å². The maximum Gasteiger partial charge on any atom is 0.114 e. The molecular weight excluding hydrogens is 385 g/mol. The number of aryl methyl sites for hydroxylation is 2. The van der Waals surface area contributed by atoms with Gasteiger partial charge >= 0.3 is 0 Å². The first-order chi connectivity index (χ1) is 15.6. The van der Waals surface area contributed by atoms with E-state index in [9.17, 15) is 0 Å². The van der Waals surface area contributed by atoms with Gasteiger partial charge < -0.3 is 4.90 Å². The van der Waals surface area contributed by atoms with Crippen molar-refractivity contribution in [2.45, 2.75) is 13.8 Å². The lowest BCUT2D eigenvalue weighted by Crippen LogP contribution is -2.11. The number of nitrogens with zero attached hydrogens (tertiary/aromatic N) is 1. The number of hydrogen-bond donors (Lipinski definition) is 0. The Labute approximate surface area is 191 Å². The van der Waals surface area contributed by atoms with Gasteiger partial charge in [0.15, 0.2) is 0 Å². The van der Waals surface area contributed by atoms with Crippen molar-refractivity contribution in [3.63, 3.8) is 0 Å². The third-order valence-electron chi connectivity index (χ3n) is 6.06. The van der Waals surface area contributed by atoms with Gasteiger partial charge in [-0.25, -0.2) is 0 Å². The molecule has 5 rings (SSSR count). The molecule has 0 aliphatic heterocycles. The number of benzene rings is 5. The van der Waals surface area contributed by atoms with E-state index < -0.39 is 0 Å². The average molecular weight is 409 g/mol. The average Bonchev–Trinajstić information content (AvgIpc) is 2.83. The zero-order valence-corrected chi connectivity index (χ0v) is 18.4. The molecule has 1 nitrogen and oxygen atoms in total. The normalized spacial score (nSPS) is 10.9. The van der Waals surface area contributed by atoms with Gasteiger partial charge in [-0.15, -0.1) is 0 Å². The predicted molar refractivity (Wildman–Crippen MR) is 139 cm³/mol. The van der Waals surface area contributed by atoms with E-state index in [-0.39, 0.29) is 0 Å². The van der Waals surface area contributed by atoms with Crippen LogP contribution in [0.2, 0.25) is 0 Å². The van der Waals surface area contributed by atoms with Gasteiger partial charge in [-0.2, -0.15) is 0 Å². The fraction of sp³-hybridized carbons (Fsp3) is 0.0667. The predicted octanol–water partition coefficient (Wildman–Crippen LogP) is 7.39. The fourth-order valence-corrected chi connectivity index (χ4v) is 4.28. The van der Waals surface area contributed by atoms with Gasteiger partial charge in [0.25, 0.3) is 0 Å². The summed E-state index contributed by atoms with van der Waals surface area (Å²) in [5, 5.41) is 2.48. The first-order valence-corrected chi connectivity index (χ1v) is 10.9. The molecular formula is C30H24BN. The zero-order valence-electron chi connectivity index (χ0n) is 18.4. The SMILES string of the molecule is [B]c1c(C)cc(-c2ccc(N(c3ccccc3)c3ccc4ccccc4c3)cc2)cc1C. The Hall–Kier alpha value is -3.78. The molecule has 0 amide bonds. The van der Waals surface area contributed by atoms with E-state index in [2.05, 4.69) is 128 Å². The molecule has 2 radical (unpaired) electrons. The van der Waals surface area contributed by atoms with Crippen molar-refractivity contribution in [1.82, 2.24) is 0 Å². The molecule has 0 saturated heterocycles. The summed E-state index contributed by atoms with van der Waals surface area (Å²) in [7, 11) is 6.15. The molecule has 0 unspecified atom stereocenters. The molecule has 0 saturated carbocycles. The summed E-state index contributed by atoms with van der Waals surface area (Å²) in [6, 6.07) is 38.7. The highest BCUT2D eigenvalue weighted by Crippen LogP contribution is 2.36. The molecule has 5 aromatic carbocycles. The molecule has 0 atom stereocenters. The monoisotopic (exact) mass is 409 g/mol. The minimum absolute atomic E-state index is 0.872. The number of fused-ring (bicyclic) bond motifs is 1. The van der Waals surface area contributed by atoms with E-state index >= 15 is 0 Å². The van der Waals surface area contributed by atoms with Crippen molar-refractivity contribution in [3.8, 4) is 11.1 Å². The molecule has 0 N–H and O–H groups in total. The Morgan fingerprint density at radius 3 is 1.75 bits per heavy atom. The Bertz CT molecular complexity index is 1370. The molecule has 0 heterocycles. The Morgan fingerprint density at radius 2 is 1.06 bits per heavy atom. The van der Waals surface area contributed by atoms with Crippen LogP contribution in [0.5, 0.6) is 0 Å². The second kappa shape index (κ2) is 8.40. The summed E-state index contributed by atoms with van der Waals surface area (Å²) >= 11 is 0. The standard InChI is InChI=1S/C30H24BN/c1-21-18-26(19-22(2)30(21)31)24-12-15-28(16-13-24)32(27-10-4-3-5-11-27)29-17-14-23-8-6-7-9-25(23)20-29/h3-20H,1-2H3. The summed E-state index contributed by atoms with van der Waals surface area (Å²) in [4.78, 5) is 2.30. The van der Waals surface area contributed by atoms with Gasteiger partial charge in [0.05, 0.1) is 0 Å². The number of para-hydroxylation sites is 1. The van der Waals surface area contributed by atoms with Crippen LogP contribution in [0.25, 0.3) is 21.9 Å². The van der Waals surface area contributed by atoms with E-state index in [0.717, 1.165) is 33.7 Å².